The van der Waals surface area contributed by atoms with Gasteiger partial charge < -0.3 is 19.2 Å². The van der Waals surface area contributed by atoms with Gasteiger partial charge in [-0.2, -0.15) is 0 Å². The van der Waals surface area contributed by atoms with E-state index < -0.39 is 0 Å². The molecule has 0 aromatic carbocycles. The van der Waals surface area contributed by atoms with Crippen LogP contribution in [0.1, 0.15) is 24.8 Å². The first kappa shape index (κ1) is 16.7. The van der Waals surface area contributed by atoms with Crippen molar-refractivity contribution in [3.05, 3.63) is 43.0 Å². The molecule has 4 rings (SSSR count). The van der Waals surface area contributed by atoms with Crippen molar-refractivity contribution >= 4 is 5.69 Å². The molecule has 0 radical (unpaired) electrons. The summed E-state index contributed by atoms with van der Waals surface area (Å²) in [6, 6.07) is 2.05. The maximum atomic E-state index is 6.04. The third-order valence-corrected chi connectivity index (χ3v) is 4.83. The summed E-state index contributed by atoms with van der Waals surface area (Å²) in [7, 11) is 3.94. The van der Waals surface area contributed by atoms with Gasteiger partial charge in [0.2, 0.25) is 0 Å². The van der Waals surface area contributed by atoms with Crippen LogP contribution in [0, 0.1) is 5.92 Å². The summed E-state index contributed by atoms with van der Waals surface area (Å²) in [4.78, 5) is 8.82. The summed E-state index contributed by atoms with van der Waals surface area (Å²) < 4.78 is 9.96. The Morgan fingerprint density at radius 3 is 2.96 bits per heavy atom. The Balaban J connectivity index is 1.48. The molecule has 3 aromatic rings. The van der Waals surface area contributed by atoms with E-state index in [-0.39, 0.29) is 6.10 Å². The van der Waals surface area contributed by atoms with Crippen LogP contribution in [0.4, 0.5) is 5.69 Å². The SMILES string of the molecule is Cn1cnnc1-c1cncc(NCC2CCCOC2c2nccn2C)c1. The minimum atomic E-state index is 0.0196. The average Bonchev–Trinajstić information content (AvgIpc) is 3.28. The fraction of sp³-hybridized carbons (Fsp3) is 0.444. The van der Waals surface area contributed by atoms with Crippen molar-refractivity contribution in [1.82, 2.24) is 29.3 Å². The molecular weight excluding hydrogens is 330 g/mol. The minimum Gasteiger partial charge on any atom is -0.383 e. The van der Waals surface area contributed by atoms with Gasteiger partial charge >= 0.3 is 0 Å². The Labute approximate surface area is 152 Å². The van der Waals surface area contributed by atoms with Gasteiger partial charge in [0.05, 0.1) is 5.69 Å². The second-order valence-electron chi connectivity index (χ2n) is 6.70. The Kier molecular flexibility index (Phi) is 4.66. The molecule has 136 valence electrons. The molecule has 0 bridgehead atoms. The second kappa shape index (κ2) is 7.25. The minimum absolute atomic E-state index is 0.0196. The summed E-state index contributed by atoms with van der Waals surface area (Å²) >= 11 is 0. The number of aryl methyl sites for hydroxylation is 2. The second-order valence-corrected chi connectivity index (χ2v) is 6.70. The molecule has 8 heteroatoms. The van der Waals surface area contributed by atoms with E-state index in [9.17, 15) is 0 Å². The maximum absolute atomic E-state index is 6.04. The van der Waals surface area contributed by atoms with Crippen LogP contribution in [-0.4, -0.2) is 42.5 Å². The van der Waals surface area contributed by atoms with E-state index >= 15 is 0 Å². The zero-order chi connectivity index (χ0) is 17.9. The lowest BCUT2D eigenvalue weighted by Gasteiger charge is -2.31. The van der Waals surface area contributed by atoms with Gasteiger partial charge in [0.25, 0.3) is 0 Å². The molecule has 1 fully saturated rings. The first-order chi connectivity index (χ1) is 12.7. The molecule has 2 atom stereocenters. The molecular formula is C18H23N7O. The fourth-order valence-corrected chi connectivity index (χ4v) is 3.44. The third-order valence-electron chi connectivity index (χ3n) is 4.83. The first-order valence-corrected chi connectivity index (χ1v) is 8.84. The van der Waals surface area contributed by atoms with Crippen molar-refractivity contribution < 1.29 is 4.74 Å². The van der Waals surface area contributed by atoms with E-state index in [4.69, 9.17) is 4.74 Å². The van der Waals surface area contributed by atoms with Gasteiger partial charge in [0, 0.05) is 63.5 Å². The molecule has 1 N–H and O–H groups in total. The topological polar surface area (TPSA) is 82.7 Å². The van der Waals surface area contributed by atoms with Crippen molar-refractivity contribution in [2.75, 3.05) is 18.5 Å². The number of pyridine rings is 1. The summed E-state index contributed by atoms with van der Waals surface area (Å²) in [5.74, 6) is 2.15. The van der Waals surface area contributed by atoms with Crippen LogP contribution < -0.4 is 5.32 Å². The Hall–Kier alpha value is -2.74. The molecule has 0 amide bonds. The van der Waals surface area contributed by atoms with E-state index in [2.05, 4.69) is 31.5 Å². The highest BCUT2D eigenvalue weighted by molar-refractivity contribution is 5.60. The van der Waals surface area contributed by atoms with Crippen LogP contribution >= 0.6 is 0 Å². The normalized spacial score (nSPS) is 20.2. The van der Waals surface area contributed by atoms with Gasteiger partial charge in [0.1, 0.15) is 18.3 Å². The maximum Gasteiger partial charge on any atom is 0.165 e. The molecule has 0 aliphatic carbocycles. The lowest BCUT2D eigenvalue weighted by molar-refractivity contribution is -0.0304. The fourth-order valence-electron chi connectivity index (χ4n) is 3.44. The van der Waals surface area contributed by atoms with E-state index in [1.165, 1.54) is 0 Å². The third kappa shape index (κ3) is 3.32. The molecule has 3 aromatic heterocycles. The highest BCUT2D eigenvalue weighted by atomic mass is 16.5. The number of hydrogen-bond donors (Lipinski definition) is 1. The van der Waals surface area contributed by atoms with Crippen molar-refractivity contribution in [3.8, 4) is 11.4 Å². The largest absolute Gasteiger partial charge is 0.383 e. The van der Waals surface area contributed by atoms with Gasteiger partial charge in [0.15, 0.2) is 5.82 Å². The van der Waals surface area contributed by atoms with E-state index in [1.807, 2.05) is 41.8 Å². The van der Waals surface area contributed by atoms with Gasteiger partial charge in [-0.05, 0) is 18.9 Å². The highest BCUT2D eigenvalue weighted by Gasteiger charge is 2.30. The number of anilines is 1. The molecule has 1 aliphatic heterocycles. The zero-order valence-corrected chi connectivity index (χ0v) is 15.0. The molecule has 1 aliphatic rings. The van der Waals surface area contributed by atoms with Crippen LogP contribution in [0.25, 0.3) is 11.4 Å². The standard InChI is InChI=1S/C18H23N7O/c1-24-6-5-20-18(24)16-13(4-3-7-26-16)10-21-15-8-14(9-19-11-15)17-23-22-12-25(17)2/h5-6,8-9,11-13,16,21H,3-4,7,10H2,1-2H3. The van der Waals surface area contributed by atoms with Crippen LogP contribution in [0.5, 0.6) is 0 Å². The smallest absolute Gasteiger partial charge is 0.165 e. The quantitative estimate of drug-likeness (QED) is 0.757. The molecule has 8 nitrogen and oxygen atoms in total. The lowest BCUT2D eigenvalue weighted by Crippen LogP contribution is -2.30. The van der Waals surface area contributed by atoms with E-state index in [0.29, 0.717) is 5.92 Å². The number of aromatic nitrogens is 6. The van der Waals surface area contributed by atoms with Gasteiger partial charge in [-0.3, -0.25) is 4.98 Å². The number of nitrogens with zero attached hydrogens (tertiary/aromatic N) is 6. The predicted octanol–water partition coefficient (Wildman–Crippen LogP) is 2.19. The van der Waals surface area contributed by atoms with Gasteiger partial charge in [-0.25, -0.2) is 4.98 Å². The number of nitrogens with one attached hydrogen (secondary N) is 1. The summed E-state index contributed by atoms with van der Waals surface area (Å²) in [5.41, 5.74) is 1.91. The lowest BCUT2D eigenvalue weighted by atomic mass is 9.93. The van der Waals surface area contributed by atoms with Crippen LogP contribution in [0.15, 0.2) is 37.2 Å². The Bertz CT molecular complexity index is 872. The first-order valence-electron chi connectivity index (χ1n) is 8.84. The molecule has 26 heavy (non-hydrogen) atoms. The Morgan fingerprint density at radius 2 is 2.19 bits per heavy atom. The van der Waals surface area contributed by atoms with Crippen molar-refractivity contribution in [2.24, 2.45) is 20.0 Å². The molecule has 2 unspecified atom stereocenters. The predicted molar refractivity (Wildman–Crippen MR) is 97.3 cm³/mol. The zero-order valence-electron chi connectivity index (χ0n) is 15.0. The molecule has 4 heterocycles. The van der Waals surface area contributed by atoms with E-state index in [1.54, 1.807) is 12.5 Å². The van der Waals surface area contributed by atoms with Crippen LogP contribution in [-0.2, 0) is 18.8 Å². The number of imidazole rings is 1. The van der Waals surface area contributed by atoms with E-state index in [0.717, 1.165) is 48.9 Å². The van der Waals surface area contributed by atoms with Gasteiger partial charge in [-0.1, -0.05) is 0 Å². The number of ether oxygens (including phenoxy) is 1. The summed E-state index contributed by atoms with van der Waals surface area (Å²) in [6.07, 6.45) is 11.3. The molecule has 0 saturated carbocycles. The van der Waals surface area contributed by atoms with Crippen molar-refractivity contribution in [3.63, 3.8) is 0 Å². The Morgan fingerprint density at radius 1 is 1.27 bits per heavy atom. The summed E-state index contributed by atoms with van der Waals surface area (Å²) in [6.45, 7) is 1.60. The summed E-state index contributed by atoms with van der Waals surface area (Å²) in [5, 5.41) is 11.6. The monoisotopic (exact) mass is 353 g/mol. The van der Waals surface area contributed by atoms with Crippen molar-refractivity contribution in [2.45, 2.75) is 18.9 Å². The highest BCUT2D eigenvalue weighted by Crippen LogP contribution is 2.33. The average molecular weight is 353 g/mol. The number of hydrogen-bond acceptors (Lipinski definition) is 6. The molecule has 0 spiro atoms. The van der Waals surface area contributed by atoms with Gasteiger partial charge in [-0.15, -0.1) is 10.2 Å². The van der Waals surface area contributed by atoms with Crippen molar-refractivity contribution in [1.29, 1.82) is 0 Å². The van der Waals surface area contributed by atoms with Crippen LogP contribution in [0.3, 0.4) is 0 Å². The molecule has 1 saturated heterocycles. The van der Waals surface area contributed by atoms with Crippen LogP contribution in [0.2, 0.25) is 0 Å². The number of rotatable bonds is 5.